The van der Waals surface area contributed by atoms with Crippen LogP contribution in [0.5, 0.6) is 0 Å². The van der Waals surface area contributed by atoms with E-state index in [-0.39, 0.29) is 5.57 Å². The first kappa shape index (κ1) is 19.3. The molecule has 0 spiro atoms. The van der Waals surface area contributed by atoms with Crippen molar-refractivity contribution in [3.63, 3.8) is 0 Å². The lowest BCUT2D eigenvalue weighted by molar-refractivity contribution is -0.132. The lowest BCUT2D eigenvalue weighted by Gasteiger charge is -1.89. The second-order valence-corrected chi connectivity index (χ2v) is 2.12. The summed E-state index contributed by atoms with van der Waals surface area (Å²) in [6.45, 7) is 6.66. The van der Waals surface area contributed by atoms with Crippen LogP contribution in [-0.2, 0) is 9.53 Å². The standard InChI is InChI=1S/C4H6O2.C3H7NO2.CH2O3/c1-3(2)4(5)6;1-2-6-3(4)5;2-1(3)4/h1H2,2H3,(H,5,6);2H2,1H3,(H2,4,5);(H2,2,3,4). The molecule has 0 atom stereocenters. The minimum atomic E-state index is -1.83. The maximum Gasteiger partial charge on any atom is 0.503 e. The number of carboxylic acids is 1. The molecule has 0 rings (SSSR count). The fraction of sp³-hybridized carbons (Fsp3) is 0.375. The van der Waals surface area contributed by atoms with Gasteiger partial charge in [-0.2, -0.15) is 0 Å². The fourth-order valence-corrected chi connectivity index (χ4v) is 0.142. The van der Waals surface area contributed by atoms with Gasteiger partial charge in [0.2, 0.25) is 0 Å². The molecule has 0 aliphatic carbocycles. The van der Waals surface area contributed by atoms with Crippen molar-refractivity contribution in [2.45, 2.75) is 13.8 Å². The summed E-state index contributed by atoms with van der Waals surface area (Å²) in [5.74, 6) is -0.935. The molecule has 0 bridgehead atoms. The highest BCUT2D eigenvalue weighted by Crippen LogP contribution is 1.81. The summed E-state index contributed by atoms with van der Waals surface area (Å²) in [6, 6.07) is 0. The molecule has 0 aromatic heterocycles. The van der Waals surface area contributed by atoms with Crippen LogP contribution in [0.2, 0.25) is 0 Å². The number of amides is 1. The van der Waals surface area contributed by atoms with Crippen LogP contribution in [0, 0.1) is 0 Å². The minimum absolute atomic E-state index is 0.176. The number of hydrogen-bond acceptors (Lipinski definition) is 4. The highest BCUT2D eigenvalue weighted by Gasteiger charge is 1.90. The molecule has 0 fully saturated rings. The molecule has 94 valence electrons. The summed E-state index contributed by atoms with van der Waals surface area (Å²) in [5, 5.41) is 21.8. The van der Waals surface area contributed by atoms with E-state index in [9.17, 15) is 9.59 Å². The van der Waals surface area contributed by atoms with Gasteiger partial charge < -0.3 is 25.8 Å². The first-order valence-electron chi connectivity index (χ1n) is 3.88. The van der Waals surface area contributed by atoms with Crippen LogP contribution in [-0.4, -0.2) is 40.1 Å². The van der Waals surface area contributed by atoms with Crippen LogP contribution < -0.4 is 5.73 Å². The molecule has 0 unspecified atom stereocenters. The summed E-state index contributed by atoms with van der Waals surface area (Å²) >= 11 is 0. The number of hydrogen-bond donors (Lipinski definition) is 4. The molecule has 0 aliphatic rings. The molecule has 5 N–H and O–H groups in total. The molecular formula is C8H15NO7. The van der Waals surface area contributed by atoms with Crippen LogP contribution >= 0.6 is 0 Å². The average molecular weight is 237 g/mol. The van der Waals surface area contributed by atoms with Gasteiger partial charge in [-0.3, -0.25) is 0 Å². The summed E-state index contributed by atoms with van der Waals surface area (Å²) in [7, 11) is 0. The number of primary amides is 1. The van der Waals surface area contributed by atoms with Crippen molar-refractivity contribution in [3.05, 3.63) is 12.2 Å². The number of carboxylic acid groups (broad SMARTS) is 3. The number of nitrogens with two attached hydrogens (primary N) is 1. The maximum atomic E-state index is 9.60. The van der Waals surface area contributed by atoms with E-state index in [0.29, 0.717) is 6.61 Å². The first-order valence-corrected chi connectivity index (χ1v) is 3.88. The fourth-order valence-electron chi connectivity index (χ4n) is 0.142. The Morgan fingerprint density at radius 2 is 1.50 bits per heavy atom. The normalized spacial score (nSPS) is 7.12. The van der Waals surface area contributed by atoms with Crippen LogP contribution in [0.25, 0.3) is 0 Å². The van der Waals surface area contributed by atoms with Gasteiger partial charge in [0.05, 0.1) is 6.61 Å². The lowest BCUT2D eigenvalue weighted by Crippen LogP contribution is -2.11. The van der Waals surface area contributed by atoms with Crippen molar-refractivity contribution in [1.29, 1.82) is 0 Å². The van der Waals surface area contributed by atoms with E-state index in [1.807, 2.05) is 0 Å². The second kappa shape index (κ2) is 12.8. The van der Waals surface area contributed by atoms with Crippen LogP contribution in [0.4, 0.5) is 9.59 Å². The Balaban J connectivity index is -0.000000162. The molecule has 16 heavy (non-hydrogen) atoms. The predicted octanol–water partition coefficient (Wildman–Crippen LogP) is 0.971. The van der Waals surface area contributed by atoms with E-state index >= 15 is 0 Å². The molecule has 0 radical (unpaired) electrons. The molecule has 0 aromatic carbocycles. The Labute approximate surface area is 91.9 Å². The summed E-state index contributed by atoms with van der Waals surface area (Å²) in [5.41, 5.74) is 4.72. The number of rotatable bonds is 2. The van der Waals surface area contributed by atoms with Crippen LogP contribution in [0.1, 0.15) is 13.8 Å². The van der Waals surface area contributed by atoms with Crippen molar-refractivity contribution in [2.75, 3.05) is 6.61 Å². The lowest BCUT2D eigenvalue weighted by atomic mass is 10.4. The quantitative estimate of drug-likeness (QED) is 0.523. The minimum Gasteiger partial charge on any atom is -0.478 e. The highest BCUT2D eigenvalue weighted by molar-refractivity contribution is 5.84. The smallest absolute Gasteiger partial charge is 0.478 e. The Hall–Kier alpha value is -2.25. The zero-order valence-corrected chi connectivity index (χ0v) is 8.97. The molecule has 0 saturated carbocycles. The van der Waals surface area contributed by atoms with Crippen LogP contribution in [0.15, 0.2) is 12.2 Å². The average Bonchev–Trinajstić information content (AvgIpc) is 2.03. The number of aliphatic carboxylic acids is 1. The monoisotopic (exact) mass is 237 g/mol. The Kier molecular flexibility index (Phi) is 15.4. The van der Waals surface area contributed by atoms with Crippen molar-refractivity contribution in [1.82, 2.24) is 0 Å². The molecule has 0 aliphatic heterocycles. The number of carbonyl (C=O) groups is 3. The van der Waals surface area contributed by atoms with E-state index in [2.05, 4.69) is 17.0 Å². The van der Waals surface area contributed by atoms with Crippen molar-refractivity contribution < 1.29 is 34.4 Å². The Morgan fingerprint density at radius 1 is 1.25 bits per heavy atom. The van der Waals surface area contributed by atoms with Crippen molar-refractivity contribution >= 4 is 18.2 Å². The van der Waals surface area contributed by atoms with Gasteiger partial charge >= 0.3 is 18.2 Å². The third kappa shape index (κ3) is 60.2. The van der Waals surface area contributed by atoms with Gasteiger partial charge in [0, 0.05) is 5.57 Å². The SMILES string of the molecule is C=C(C)C(=O)O.CCOC(N)=O.O=C(O)O. The van der Waals surface area contributed by atoms with E-state index in [1.165, 1.54) is 6.92 Å². The Morgan fingerprint density at radius 3 is 1.50 bits per heavy atom. The molecule has 8 nitrogen and oxygen atoms in total. The third-order valence-corrected chi connectivity index (χ3v) is 0.652. The summed E-state index contributed by atoms with van der Waals surface area (Å²) in [4.78, 5) is 27.8. The van der Waals surface area contributed by atoms with Gasteiger partial charge in [-0.15, -0.1) is 0 Å². The molecule has 1 amide bonds. The molecule has 8 heteroatoms. The van der Waals surface area contributed by atoms with Gasteiger partial charge in [-0.05, 0) is 13.8 Å². The third-order valence-electron chi connectivity index (χ3n) is 0.652. The maximum absolute atomic E-state index is 9.60. The van der Waals surface area contributed by atoms with Crippen molar-refractivity contribution in [3.8, 4) is 0 Å². The van der Waals surface area contributed by atoms with Gasteiger partial charge in [-0.1, -0.05) is 6.58 Å². The zero-order valence-electron chi connectivity index (χ0n) is 8.97. The highest BCUT2D eigenvalue weighted by atomic mass is 16.6. The molecule has 0 saturated heterocycles. The second-order valence-electron chi connectivity index (χ2n) is 2.12. The Bertz CT molecular complexity index is 233. The van der Waals surface area contributed by atoms with E-state index in [1.54, 1.807) is 6.92 Å². The van der Waals surface area contributed by atoms with Crippen LogP contribution in [0.3, 0.4) is 0 Å². The summed E-state index contributed by atoms with van der Waals surface area (Å²) in [6.07, 6.45) is -2.54. The van der Waals surface area contributed by atoms with Gasteiger partial charge in [0.1, 0.15) is 0 Å². The van der Waals surface area contributed by atoms with Gasteiger partial charge in [0.15, 0.2) is 0 Å². The van der Waals surface area contributed by atoms with E-state index in [0.717, 1.165) is 0 Å². The first-order chi connectivity index (χ1) is 7.14. The molecule has 0 heterocycles. The van der Waals surface area contributed by atoms with E-state index < -0.39 is 18.2 Å². The van der Waals surface area contributed by atoms with Gasteiger partial charge in [-0.25, -0.2) is 14.4 Å². The number of ether oxygens (including phenoxy) is 1. The topological polar surface area (TPSA) is 147 Å². The molecular weight excluding hydrogens is 222 g/mol. The van der Waals surface area contributed by atoms with Crippen molar-refractivity contribution in [2.24, 2.45) is 5.73 Å². The van der Waals surface area contributed by atoms with Gasteiger partial charge in [0.25, 0.3) is 0 Å². The summed E-state index contributed by atoms with van der Waals surface area (Å²) < 4.78 is 4.18. The zero-order chi connectivity index (χ0) is 13.7. The largest absolute Gasteiger partial charge is 0.503 e. The predicted molar refractivity (Wildman–Crippen MR) is 54.3 cm³/mol. The molecule has 0 aromatic rings. The number of carbonyl (C=O) groups excluding carboxylic acids is 1. The van der Waals surface area contributed by atoms with E-state index in [4.69, 9.17) is 20.1 Å².